The molecule has 770 valence electrons. The minimum atomic E-state index is 0.358. The topological polar surface area (TPSA) is 48.6 Å². The van der Waals surface area contributed by atoms with E-state index in [1.165, 1.54) is 577 Å². The van der Waals surface area contributed by atoms with Crippen molar-refractivity contribution in [2.45, 2.75) is 398 Å². The summed E-state index contributed by atoms with van der Waals surface area (Å²) in [5.41, 5.74) is 1.36. The number of piperazine rings is 6. The van der Waals surface area contributed by atoms with Crippen molar-refractivity contribution in [2.24, 2.45) is 64.1 Å². The van der Waals surface area contributed by atoms with Gasteiger partial charge in [-0.25, -0.2) is 0 Å². The van der Waals surface area contributed by atoms with Crippen LogP contribution in [0.25, 0.3) is 0 Å². The van der Waals surface area contributed by atoms with E-state index in [1.807, 2.05) is 0 Å². The van der Waals surface area contributed by atoms with Crippen LogP contribution in [0.1, 0.15) is 392 Å². The number of hydrogen-bond donors (Lipinski definition) is 0. The molecule has 0 aromatic rings. The van der Waals surface area contributed by atoms with Crippen molar-refractivity contribution in [1.29, 1.82) is 0 Å². The van der Waals surface area contributed by atoms with Gasteiger partial charge in [-0.1, -0.05) is 230 Å². The molecule has 7 saturated carbocycles. The first-order chi connectivity index (χ1) is 63.5. The summed E-state index contributed by atoms with van der Waals surface area (Å²) < 4.78 is 0. The Morgan fingerprint density at radius 1 is 0.183 bits per heavy atom. The molecule has 0 N–H and O–H groups in total. The molecule has 0 aromatic carbocycles. The zero-order valence-corrected chi connectivity index (χ0v) is 91.0. The molecule has 7 aliphatic carbocycles. The molecule has 16 fully saturated rings. The number of hydrogen-bond acceptors (Lipinski definition) is 15. The van der Waals surface area contributed by atoms with Crippen LogP contribution in [0.4, 0.5) is 0 Å². The Hall–Kier alpha value is -0.600. The van der Waals surface area contributed by atoms with Gasteiger partial charge in [-0.3, -0.25) is 4.90 Å². The average molecular weight is 1840 g/mol. The SMILES string of the molecule is CC(C)(C)CCN1CC(CCN2CCCCC2)C1.CC(C)(C)CCN1CCC(CC2CCCCC2)CC1.CC(C)(C)N1CCN(CC2CCCCC2)CC1.CCCN1CCN(CC2CCCCC2)CC1.CCCN1CCN(CC2CCCCC2)CC1.CCN1CCN(CC2CCCCC2)CC1.CCN1CCN(CC2CCCCC2)CC1.CCN1CCN(CC2CCCCC2)CC1. The van der Waals surface area contributed by atoms with Crippen LogP contribution in [0.5, 0.6) is 0 Å². The number of nitrogens with zero attached hydrogens (tertiary/aromatic N) is 15. The second-order valence-corrected chi connectivity index (χ2v) is 49.9. The van der Waals surface area contributed by atoms with Crippen LogP contribution >= 0.6 is 0 Å². The van der Waals surface area contributed by atoms with Gasteiger partial charge in [0.15, 0.2) is 0 Å². The van der Waals surface area contributed by atoms with Gasteiger partial charge >= 0.3 is 0 Å². The average Bonchev–Trinajstić information content (AvgIpc) is 0.848. The normalized spacial score (nSPS) is 26.0. The highest BCUT2D eigenvalue weighted by atomic mass is 15.3. The van der Waals surface area contributed by atoms with E-state index >= 15 is 0 Å². The van der Waals surface area contributed by atoms with Crippen molar-refractivity contribution >= 4 is 0 Å². The zero-order chi connectivity index (χ0) is 93.0. The van der Waals surface area contributed by atoms with E-state index in [0.29, 0.717) is 16.4 Å². The second kappa shape index (κ2) is 66.3. The van der Waals surface area contributed by atoms with E-state index in [-0.39, 0.29) is 0 Å². The molecule has 9 aliphatic heterocycles. The van der Waals surface area contributed by atoms with Gasteiger partial charge in [0.25, 0.3) is 0 Å². The summed E-state index contributed by atoms with van der Waals surface area (Å²) in [6.45, 7) is 90.5. The summed E-state index contributed by atoms with van der Waals surface area (Å²) in [4.78, 5) is 39.8. The van der Waals surface area contributed by atoms with E-state index < -0.39 is 0 Å². The Bertz CT molecular complexity index is 2490. The lowest BCUT2D eigenvalue weighted by molar-refractivity contribution is 0.0522. The lowest BCUT2D eigenvalue weighted by Gasteiger charge is -2.43. The van der Waals surface area contributed by atoms with Crippen molar-refractivity contribution in [3.05, 3.63) is 0 Å². The molecule has 0 unspecified atom stereocenters. The molecule has 0 bridgehead atoms. The number of likely N-dealkylation sites (N-methyl/N-ethyl adjacent to an activating group) is 3. The smallest absolute Gasteiger partial charge is 0.0126 e. The van der Waals surface area contributed by atoms with E-state index in [1.54, 1.807) is 6.42 Å². The van der Waals surface area contributed by atoms with E-state index in [0.717, 1.165) is 53.3 Å². The molecule has 0 radical (unpaired) electrons. The summed E-state index contributed by atoms with van der Waals surface area (Å²) in [7, 11) is 0. The van der Waals surface area contributed by atoms with Crippen LogP contribution < -0.4 is 0 Å². The standard InChI is InChI=1S/C18H35N.C16H32N2.C15H30N2.2C14H28N2.3C13H26N2/c1-18(2,3)11-14-19-12-9-17(10-13-19)15-16-7-5-4-6-8-16;1-16(2,3)8-12-18-13-15(14-18)7-11-17-9-5-4-6-10-17;1-15(2,3)17-11-9-16(10-12-17)13-14-7-5-4-6-8-14;2*1-2-8-15-9-11-16(12-10-15)13-14-6-4-3-5-7-14;3*1-2-14-8-10-15(11-9-14)12-13-6-4-3-5-7-13/h16-17H,4-15H2,1-3H3;15H,4-14H2,1-3H3;14H,4-13H2,1-3H3;2*14H,2-13H2,1H3;3*13H,2-12H2,1H3. The first kappa shape index (κ1) is 114. The second-order valence-electron chi connectivity index (χ2n) is 49.9. The van der Waals surface area contributed by atoms with Crippen LogP contribution in [-0.2, 0) is 0 Å². The maximum absolute atomic E-state index is 2.71. The highest BCUT2D eigenvalue weighted by Crippen LogP contribution is 2.36. The fourth-order valence-corrected chi connectivity index (χ4v) is 25.8. The first-order valence-corrected chi connectivity index (χ1v) is 59.4. The summed E-state index contributed by atoms with van der Waals surface area (Å²) in [6.07, 6.45) is 67.8. The van der Waals surface area contributed by atoms with Crippen molar-refractivity contribution in [2.75, 3.05) is 288 Å². The molecule has 9 heterocycles. The lowest BCUT2D eigenvalue weighted by Crippen LogP contribution is -2.54. The van der Waals surface area contributed by atoms with Crippen LogP contribution in [0.15, 0.2) is 0 Å². The Morgan fingerprint density at radius 2 is 0.405 bits per heavy atom. The third kappa shape index (κ3) is 50.3. The van der Waals surface area contributed by atoms with Crippen LogP contribution in [0.3, 0.4) is 0 Å². The number of piperidine rings is 2. The van der Waals surface area contributed by atoms with Gasteiger partial charge < -0.3 is 68.6 Å². The predicted molar refractivity (Wildman–Crippen MR) is 573 cm³/mol. The molecule has 16 aliphatic rings. The minimum absolute atomic E-state index is 0.358. The fourth-order valence-electron chi connectivity index (χ4n) is 25.8. The van der Waals surface area contributed by atoms with Crippen molar-refractivity contribution in [3.63, 3.8) is 0 Å². The van der Waals surface area contributed by atoms with E-state index in [4.69, 9.17) is 0 Å². The van der Waals surface area contributed by atoms with E-state index in [2.05, 4.69) is 170 Å². The minimum Gasteiger partial charge on any atom is -0.303 e. The molecular weight excluding hydrogens is 1600 g/mol. The Kier molecular flexibility index (Phi) is 57.7. The molecule has 15 heteroatoms. The fraction of sp³-hybridized carbons (Fsp3) is 1.00. The van der Waals surface area contributed by atoms with Crippen LogP contribution in [0.2, 0.25) is 0 Å². The Balaban J connectivity index is 0.000000169. The van der Waals surface area contributed by atoms with Gasteiger partial charge in [-0.05, 0) is 305 Å². The summed E-state index contributed by atoms with van der Waals surface area (Å²) in [5, 5.41) is 0. The van der Waals surface area contributed by atoms with Gasteiger partial charge in [0, 0.05) is 215 Å². The van der Waals surface area contributed by atoms with Gasteiger partial charge in [0.05, 0.1) is 0 Å². The van der Waals surface area contributed by atoms with Gasteiger partial charge in [0.1, 0.15) is 0 Å². The van der Waals surface area contributed by atoms with Crippen molar-refractivity contribution < 1.29 is 0 Å². The quantitative estimate of drug-likeness (QED) is 0.0747. The largest absolute Gasteiger partial charge is 0.303 e. The van der Waals surface area contributed by atoms with Crippen LogP contribution in [-0.4, -0.2) is 367 Å². The predicted octanol–water partition coefficient (Wildman–Crippen LogP) is 23.1. The summed E-state index contributed by atoms with van der Waals surface area (Å²) in [6, 6.07) is 0. The molecule has 0 atom stereocenters. The summed E-state index contributed by atoms with van der Waals surface area (Å²) >= 11 is 0. The van der Waals surface area contributed by atoms with Gasteiger partial charge in [-0.15, -0.1) is 0 Å². The first-order valence-electron chi connectivity index (χ1n) is 59.4. The third-order valence-corrected chi connectivity index (χ3v) is 35.3. The summed E-state index contributed by atoms with van der Waals surface area (Å²) in [5.74, 6) is 9.23. The highest BCUT2D eigenvalue weighted by Gasteiger charge is 2.33. The number of likely N-dealkylation sites (tertiary alicyclic amines) is 3. The molecule has 131 heavy (non-hydrogen) atoms. The van der Waals surface area contributed by atoms with Crippen molar-refractivity contribution in [3.8, 4) is 0 Å². The van der Waals surface area contributed by atoms with Gasteiger partial charge in [0.2, 0.25) is 0 Å². The molecule has 0 amide bonds. The molecule has 0 spiro atoms. The Labute approximate surface area is 818 Å². The third-order valence-electron chi connectivity index (χ3n) is 35.3. The maximum Gasteiger partial charge on any atom is 0.0126 e. The molecule has 16 rings (SSSR count). The van der Waals surface area contributed by atoms with E-state index in [9.17, 15) is 0 Å². The lowest BCUT2D eigenvalue weighted by atomic mass is 9.80. The zero-order valence-electron chi connectivity index (χ0n) is 91.0. The van der Waals surface area contributed by atoms with Crippen LogP contribution in [0, 0.1) is 64.1 Å². The monoisotopic (exact) mass is 1830 g/mol. The van der Waals surface area contributed by atoms with Gasteiger partial charge in [-0.2, -0.15) is 0 Å². The molecule has 15 nitrogen and oxygen atoms in total. The molecular formula is C116H231N15. The maximum atomic E-state index is 2.71. The highest BCUT2D eigenvalue weighted by molar-refractivity contribution is 4.88. The van der Waals surface area contributed by atoms with Crippen molar-refractivity contribution in [1.82, 2.24) is 73.5 Å². The molecule has 9 saturated heterocycles. The number of rotatable bonds is 28. The Morgan fingerprint density at radius 3 is 0.664 bits per heavy atom. The molecule has 0 aromatic heterocycles.